The fourth-order valence-corrected chi connectivity index (χ4v) is 1.56. The van der Waals surface area contributed by atoms with Crippen LogP contribution in [0.25, 0.3) is 0 Å². The third-order valence-electron chi connectivity index (χ3n) is 2.54. The molecule has 104 valence electrons. The zero-order valence-electron chi connectivity index (χ0n) is 11.2. The third kappa shape index (κ3) is 3.27. The number of rotatable bonds is 5. The van der Waals surface area contributed by atoms with Crippen LogP contribution in [-0.2, 0) is 6.61 Å². The van der Waals surface area contributed by atoms with E-state index >= 15 is 0 Å². The quantitative estimate of drug-likeness (QED) is 0.633. The number of aryl methyl sites for hydroxylation is 1. The molecule has 0 amide bonds. The lowest BCUT2D eigenvalue weighted by Gasteiger charge is -2.04. The molecule has 0 saturated heterocycles. The summed E-state index contributed by atoms with van der Waals surface area (Å²) < 4.78 is 5.27. The first-order valence-electron chi connectivity index (χ1n) is 5.97. The topological polar surface area (TPSA) is 95.9 Å². The number of nitrogens with one attached hydrogen (secondary N) is 1. The lowest BCUT2D eigenvalue weighted by molar-refractivity contribution is 0.247. The van der Waals surface area contributed by atoms with E-state index in [1.807, 2.05) is 6.92 Å². The van der Waals surface area contributed by atoms with Crippen LogP contribution >= 0.6 is 0 Å². The number of furan rings is 1. The summed E-state index contributed by atoms with van der Waals surface area (Å²) in [5.41, 5.74) is 4.41. The van der Waals surface area contributed by atoms with E-state index in [-0.39, 0.29) is 6.61 Å². The number of aromatic nitrogens is 2. The SMILES string of the molecule is CN=Cc1c(C)ncnc1N/N=C/c1ccc(CO)o1. The molecular weight excluding hydrogens is 258 g/mol. The molecule has 0 saturated carbocycles. The van der Waals surface area contributed by atoms with E-state index in [9.17, 15) is 0 Å². The number of hydrogen-bond acceptors (Lipinski definition) is 7. The molecule has 0 unspecified atom stereocenters. The normalized spacial score (nSPS) is 11.6. The lowest BCUT2D eigenvalue weighted by Crippen LogP contribution is -2.02. The van der Waals surface area contributed by atoms with Crippen molar-refractivity contribution in [2.45, 2.75) is 13.5 Å². The summed E-state index contributed by atoms with van der Waals surface area (Å²) in [6.07, 6.45) is 4.63. The van der Waals surface area contributed by atoms with E-state index in [0.717, 1.165) is 11.3 Å². The Balaban J connectivity index is 2.12. The smallest absolute Gasteiger partial charge is 0.158 e. The number of anilines is 1. The summed E-state index contributed by atoms with van der Waals surface area (Å²) in [5, 5.41) is 12.9. The Labute approximate surface area is 116 Å². The molecule has 0 aliphatic rings. The summed E-state index contributed by atoms with van der Waals surface area (Å²) in [6, 6.07) is 3.40. The van der Waals surface area contributed by atoms with Gasteiger partial charge in [-0.1, -0.05) is 0 Å². The summed E-state index contributed by atoms with van der Waals surface area (Å²) in [6.45, 7) is 1.73. The van der Waals surface area contributed by atoms with Crippen molar-refractivity contribution < 1.29 is 9.52 Å². The average Bonchev–Trinajstić information content (AvgIpc) is 2.90. The summed E-state index contributed by atoms with van der Waals surface area (Å²) in [5.74, 6) is 1.59. The molecule has 0 aromatic carbocycles. The predicted octanol–water partition coefficient (Wildman–Crippen LogP) is 1.37. The average molecular weight is 273 g/mol. The monoisotopic (exact) mass is 273 g/mol. The van der Waals surface area contributed by atoms with E-state index in [0.29, 0.717) is 17.3 Å². The first-order chi connectivity index (χ1) is 9.74. The van der Waals surface area contributed by atoms with Gasteiger partial charge < -0.3 is 9.52 Å². The number of hydrogen-bond donors (Lipinski definition) is 2. The van der Waals surface area contributed by atoms with Gasteiger partial charge in [-0.25, -0.2) is 9.97 Å². The van der Waals surface area contributed by atoms with E-state index < -0.39 is 0 Å². The van der Waals surface area contributed by atoms with Crippen LogP contribution in [-0.4, -0.2) is 34.6 Å². The summed E-state index contributed by atoms with van der Waals surface area (Å²) >= 11 is 0. The van der Waals surface area contributed by atoms with Gasteiger partial charge in [0.25, 0.3) is 0 Å². The highest BCUT2D eigenvalue weighted by molar-refractivity contribution is 5.87. The molecule has 0 aliphatic heterocycles. The second kappa shape index (κ2) is 6.58. The van der Waals surface area contributed by atoms with E-state index in [1.54, 1.807) is 25.4 Å². The van der Waals surface area contributed by atoms with Gasteiger partial charge >= 0.3 is 0 Å². The fourth-order valence-electron chi connectivity index (χ4n) is 1.56. The highest BCUT2D eigenvalue weighted by Gasteiger charge is 2.05. The van der Waals surface area contributed by atoms with Gasteiger partial charge in [0.15, 0.2) is 5.82 Å². The number of aliphatic imine (C=N–C) groups is 1. The van der Waals surface area contributed by atoms with Gasteiger partial charge in [-0.3, -0.25) is 10.4 Å². The van der Waals surface area contributed by atoms with Gasteiger partial charge in [-0.2, -0.15) is 5.10 Å². The van der Waals surface area contributed by atoms with Crippen LogP contribution in [0.5, 0.6) is 0 Å². The van der Waals surface area contributed by atoms with Crippen molar-refractivity contribution in [3.8, 4) is 0 Å². The maximum atomic E-state index is 8.89. The zero-order chi connectivity index (χ0) is 14.4. The predicted molar refractivity (Wildman–Crippen MR) is 76.1 cm³/mol. The first-order valence-corrected chi connectivity index (χ1v) is 5.97. The highest BCUT2D eigenvalue weighted by Crippen LogP contribution is 2.12. The maximum Gasteiger partial charge on any atom is 0.158 e. The number of aliphatic hydroxyl groups excluding tert-OH is 1. The van der Waals surface area contributed by atoms with E-state index in [2.05, 4.69) is 25.5 Å². The molecule has 0 atom stereocenters. The van der Waals surface area contributed by atoms with Crippen LogP contribution in [0.3, 0.4) is 0 Å². The van der Waals surface area contributed by atoms with Crippen LogP contribution in [0.4, 0.5) is 5.82 Å². The Morgan fingerprint density at radius 1 is 1.35 bits per heavy atom. The molecule has 20 heavy (non-hydrogen) atoms. The molecule has 2 aromatic heterocycles. The Bertz CT molecular complexity index is 633. The van der Waals surface area contributed by atoms with Gasteiger partial charge in [0.05, 0.1) is 17.5 Å². The second-order valence-electron chi connectivity index (χ2n) is 3.94. The van der Waals surface area contributed by atoms with Crippen molar-refractivity contribution in [3.63, 3.8) is 0 Å². The van der Waals surface area contributed by atoms with Crippen molar-refractivity contribution in [1.82, 2.24) is 9.97 Å². The van der Waals surface area contributed by atoms with Crippen molar-refractivity contribution in [1.29, 1.82) is 0 Å². The van der Waals surface area contributed by atoms with Crippen molar-refractivity contribution in [2.75, 3.05) is 12.5 Å². The third-order valence-corrected chi connectivity index (χ3v) is 2.54. The minimum absolute atomic E-state index is 0.135. The maximum absolute atomic E-state index is 8.89. The van der Waals surface area contributed by atoms with Crippen LogP contribution in [0.15, 0.2) is 33.0 Å². The van der Waals surface area contributed by atoms with Gasteiger partial charge in [-0.15, -0.1) is 0 Å². The number of nitrogens with zero attached hydrogens (tertiary/aromatic N) is 4. The molecule has 2 rings (SSSR count). The van der Waals surface area contributed by atoms with E-state index in [4.69, 9.17) is 9.52 Å². The van der Waals surface area contributed by atoms with Crippen LogP contribution in [0, 0.1) is 6.92 Å². The molecule has 2 heterocycles. The second-order valence-corrected chi connectivity index (χ2v) is 3.94. The molecule has 7 nitrogen and oxygen atoms in total. The van der Waals surface area contributed by atoms with Crippen LogP contribution in [0.2, 0.25) is 0 Å². The molecular formula is C13H15N5O2. The molecule has 2 aromatic rings. The molecule has 0 spiro atoms. The zero-order valence-corrected chi connectivity index (χ0v) is 11.2. The number of aliphatic hydroxyl groups is 1. The Kier molecular flexibility index (Phi) is 4.56. The lowest BCUT2D eigenvalue weighted by atomic mass is 10.2. The van der Waals surface area contributed by atoms with Crippen LogP contribution < -0.4 is 5.43 Å². The first kappa shape index (κ1) is 13.9. The van der Waals surface area contributed by atoms with Gasteiger partial charge in [0.1, 0.15) is 24.5 Å². The molecule has 0 bridgehead atoms. The largest absolute Gasteiger partial charge is 0.458 e. The van der Waals surface area contributed by atoms with Crippen LogP contribution in [0.1, 0.15) is 22.8 Å². The van der Waals surface area contributed by atoms with E-state index in [1.165, 1.54) is 12.5 Å². The van der Waals surface area contributed by atoms with Gasteiger partial charge in [0.2, 0.25) is 0 Å². The summed E-state index contributed by atoms with van der Waals surface area (Å²) in [7, 11) is 1.68. The molecule has 0 radical (unpaired) electrons. The molecule has 0 fully saturated rings. The fraction of sp³-hybridized carbons (Fsp3) is 0.231. The highest BCUT2D eigenvalue weighted by atomic mass is 16.4. The Hall–Kier alpha value is -2.54. The van der Waals surface area contributed by atoms with Gasteiger partial charge in [0, 0.05) is 13.3 Å². The minimum atomic E-state index is -0.135. The standard InChI is InChI=1S/C13H15N5O2/c1-9-12(6-14-2)13(16-8-15-9)18-17-5-10-3-4-11(7-19)20-10/h3-6,8,19H,7H2,1-2H3,(H,15,16,18)/b14-6?,17-5+. The number of hydrazone groups is 1. The van der Waals surface area contributed by atoms with Crippen molar-refractivity contribution in [2.24, 2.45) is 10.1 Å². The molecule has 2 N–H and O–H groups in total. The summed E-state index contributed by atoms with van der Waals surface area (Å²) in [4.78, 5) is 12.2. The Morgan fingerprint density at radius 2 is 2.20 bits per heavy atom. The Morgan fingerprint density at radius 3 is 2.90 bits per heavy atom. The molecule has 0 aliphatic carbocycles. The minimum Gasteiger partial charge on any atom is -0.458 e. The van der Waals surface area contributed by atoms with Gasteiger partial charge in [-0.05, 0) is 19.1 Å². The van der Waals surface area contributed by atoms with Crippen molar-refractivity contribution in [3.05, 3.63) is 41.2 Å². The van der Waals surface area contributed by atoms with Crippen molar-refractivity contribution >= 4 is 18.2 Å². The molecule has 7 heteroatoms.